The molecular weight excluding hydrogens is 186 g/mol. The van der Waals surface area contributed by atoms with Gasteiger partial charge in [-0.25, -0.2) is 0 Å². The van der Waals surface area contributed by atoms with Gasteiger partial charge < -0.3 is 10.4 Å². The van der Waals surface area contributed by atoms with Crippen molar-refractivity contribution < 1.29 is 5.11 Å². The third-order valence-electron chi connectivity index (χ3n) is 2.07. The van der Waals surface area contributed by atoms with Crippen molar-refractivity contribution in [3.8, 4) is 0 Å². The summed E-state index contributed by atoms with van der Waals surface area (Å²) in [7, 11) is 1.84. The summed E-state index contributed by atoms with van der Waals surface area (Å²) in [6.07, 6.45) is -0.420. The lowest BCUT2D eigenvalue weighted by atomic mass is 10.0. The van der Waals surface area contributed by atoms with E-state index in [1.165, 1.54) is 0 Å². The largest absolute Gasteiger partial charge is 0.387 e. The third kappa shape index (κ3) is 3.35. The van der Waals surface area contributed by atoms with Gasteiger partial charge in [-0.1, -0.05) is 30.3 Å². The lowest BCUT2D eigenvalue weighted by molar-refractivity contribution is 0.140. The number of hydrogen-bond donors (Lipinski definition) is 2. The Labute approximate surface area is 85.4 Å². The van der Waals surface area contributed by atoms with E-state index in [1.807, 2.05) is 44.3 Å². The van der Waals surface area contributed by atoms with Crippen molar-refractivity contribution in [1.82, 2.24) is 5.32 Å². The molecule has 1 aromatic carbocycles. The predicted octanol–water partition coefficient (Wildman–Crippen LogP) is 1.75. The van der Waals surface area contributed by atoms with Crippen molar-refractivity contribution in [1.29, 1.82) is 0 Å². The van der Waals surface area contributed by atoms with Crippen LogP contribution in [-0.4, -0.2) is 18.2 Å². The first-order chi connectivity index (χ1) is 5.75. The van der Waals surface area contributed by atoms with Gasteiger partial charge >= 0.3 is 0 Å². The Hall–Kier alpha value is -0.570. The Morgan fingerprint density at radius 3 is 2.23 bits per heavy atom. The van der Waals surface area contributed by atoms with Gasteiger partial charge in [0.25, 0.3) is 0 Å². The molecule has 0 saturated heterocycles. The van der Waals surface area contributed by atoms with Crippen molar-refractivity contribution in [2.24, 2.45) is 0 Å². The normalized spacial score (nSPS) is 14.4. The molecule has 0 aliphatic carbocycles. The molecule has 0 aromatic heterocycles. The quantitative estimate of drug-likeness (QED) is 0.781. The molecule has 0 aliphatic heterocycles. The molecule has 3 heteroatoms. The SMILES string of the molecule is CN[C@@H](C)[C@@H](O)c1ccccc1.Cl. The Morgan fingerprint density at radius 2 is 1.77 bits per heavy atom. The maximum absolute atomic E-state index is 9.73. The molecule has 1 rings (SSSR count). The fourth-order valence-corrected chi connectivity index (χ4v) is 1.10. The van der Waals surface area contributed by atoms with E-state index < -0.39 is 6.10 Å². The molecule has 0 fully saturated rings. The van der Waals surface area contributed by atoms with Crippen LogP contribution in [0.5, 0.6) is 0 Å². The topological polar surface area (TPSA) is 32.3 Å². The summed E-state index contributed by atoms with van der Waals surface area (Å²) in [6.45, 7) is 1.96. The molecule has 0 amide bonds. The molecule has 0 radical (unpaired) electrons. The van der Waals surface area contributed by atoms with Crippen LogP contribution in [0.15, 0.2) is 30.3 Å². The van der Waals surface area contributed by atoms with Gasteiger partial charge in [0.2, 0.25) is 0 Å². The average Bonchev–Trinajstić information content (AvgIpc) is 2.17. The van der Waals surface area contributed by atoms with Crippen LogP contribution in [-0.2, 0) is 0 Å². The Morgan fingerprint density at radius 1 is 1.23 bits per heavy atom. The van der Waals surface area contributed by atoms with Gasteiger partial charge in [-0.05, 0) is 19.5 Å². The van der Waals surface area contributed by atoms with Crippen LogP contribution >= 0.6 is 12.4 Å². The number of nitrogens with one attached hydrogen (secondary N) is 1. The summed E-state index contributed by atoms with van der Waals surface area (Å²) in [4.78, 5) is 0. The van der Waals surface area contributed by atoms with Crippen molar-refractivity contribution in [2.75, 3.05) is 7.05 Å². The van der Waals surface area contributed by atoms with E-state index in [0.717, 1.165) is 5.56 Å². The Bertz CT molecular complexity index is 228. The van der Waals surface area contributed by atoms with Gasteiger partial charge in [0.1, 0.15) is 0 Å². The fourth-order valence-electron chi connectivity index (χ4n) is 1.10. The molecule has 2 atom stereocenters. The van der Waals surface area contributed by atoms with Crippen LogP contribution in [0.3, 0.4) is 0 Å². The number of halogens is 1. The fraction of sp³-hybridized carbons (Fsp3) is 0.400. The number of aliphatic hydroxyl groups excluding tert-OH is 1. The minimum atomic E-state index is -0.420. The van der Waals surface area contributed by atoms with Crippen LogP contribution in [0.4, 0.5) is 0 Å². The summed E-state index contributed by atoms with van der Waals surface area (Å²) in [6, 6.07) is 9.76. The molecule has 2 N–H and O–H groups in total. The summed E-state index contributed by atoms with van der Waals surface area (Å²) in [5.41, 5.74) is 0.958. The zero-order valence-electron chi connectivity index (χ0n) is 7.90. The Balaban J connectivity index is 0.00000144. The maximum Gasteiger partial charge on any atom is 0.0940 e. The first-order valence-corrected chi connectivity index (χ1v) is 4.16. The number of aliphatic hydroxyl groups is 1. The molecule has 0 bridgehead atoms. The van der Waals surface area contributed by atoms with E-state index in [2.05, 4.69) is 5.32 Å². The van der Waals surface area contributed by atoms with E-state index in [1.54, 1.807) is 0 Å². The van der Waals surface area contributed by atoms with Crippen molar-refractivity contribution in [2.45, 2.75) is 19.1 Å². The second kappa shape index (κ2) is 5.97. The third-order valence-corrected chi connectivity index (χ3v) is 2.07. The number of hydrogen-bond acceptors (Lipinski definition) is 2. The van der Waals surface area contributed by atoms with Gasteiger partial charge in [-0.2, -0.15) is 0 Å². The number of benzene rings is 1. The second-order valence-electron chi connectivity index (χ2n) is 2.93. The minimum Gasteiger partial charge on any atom is -0.387 e. The number of rotatable bonds is 3. The van der Waals surface area contributed by atoms with Crippen LogP contribution in [0.2, 0.25) is 0 Å². The highest BCUT2D eigenvalue weighted by atomic mass is 35.5. The van der Waals surface area contributed by atoms with Gasteiger partial charge in [0.15, 0.2) is 0 Å². The molecule has 74 valence electrons. The first kappa shape index (κ1) is 12.4. The van der Waals surface area contributed by atoms with Gasteiger partial charge in [0, 0.05) is 6.04 Å². The monoisotopic (exact) mass is 201 g/mol. The summed E-state index contributed by atoms with van der Waals surface area (Å²) >= 11 is 0. The zero-order valence-corrected chi connectivity index (χ0v) is 8.71. The highest BCUT2D eigenvalue weighted by Gasteiger charge is 2.12. The molecule has 0 spiro atoms. The van der Waals surface area contributed by atoms with E-state index in [0.29, 0.717) is 0 Å². The molecule has 0 unspecified atom stereocenters. The lowest BCUT2D eigenvalue weighted by Crippen LogP contribution is -2.28. The van der Waals surface area contributed by atoms with Gasteiger partial charge in [-0.3, -0.25) is 0 Å². The first-order valence-electron chi connectivity index (χ1n) is 4.16. The molecular formula is C10H16ClNO. The zero-order chi connectivity index (χ0) is 8.97. The highest BCUT2D eigenvalue weighted by Crippen LogP contribution is 2.15. The molecule has 0 heterocycles. The number of likely N-dealkylation sites (N-methyl/N-ethyl adjacent to an activating group) is 1. The molecule has 0 saturated carbocycles. The van der Waals surface area contributed by atoms with Crippen LogP contribution in [0, 0.1) is 0 Å². The van der Waals surface area contributed by atoms with E-state index in [9.17, 15) is 5.11 Å². The Kier molecular flexibility index (Phi) is 5.71. The summed E-state index contributed by atoms with van der Waals surface area (Å²) in [5, 5.41) is 12.7. The molecule has 1 aromatic rings. The standard InChI is InChI=1S/C10H15NO.ClH/c1-8(11-2)10(12)9-6-4-3-5-7-9;/h3-8,10-12H,1-2H3;1H/t8-,10+;/m0./s1. The van der Waals surface area contributed by atoms with E-state index >= 15 is 0 Å². The van der Waals surface area contributed by atoms with Crippen molar-refractivity contribution in [3.63, 3.8) is 0 Å². The molecule has 13 heavy (non-hydrogen) atoms. The smallest absolute Gasteiger partial charge is 0.0940 e. The second-order valence-corrected chi connectivity index (χ2v) is 2.93. The van der Waals surface area contributed by atoms with Crippen LogP contribution < -0.4 is 5.32 Å². The highest BCUT2D eigenvalue weighted by molar-refractivity contribution is 5.85. The molecule has 0 aliphatic rings. The van der Waals surface area contributed by atoms with Crippen LogP contribution in [0.25, 0.3) is 0 Å². The summed E-state index contributed by atoms with van der Waals surface area (Å²) in [5.74, 6) is 0. The van der Waals surface area contributed by atoms with Crippen molar-refractivity contribution in [3.05, 3.63) is 35.9 Å². The van der Waals surface area contributed by atoms with Crippen molar-refractivity contribution >= 4 is 12.4 Å². The van der Waals surface area contributed by atoms with Gasteiger partial charge in [-0.15, -0.1) is 12.4 Å². The average molecular weight is 202 g/mol. The van der Waals surface area contributed by atoms with Crippen LogP contribution in [0.1, 0.15) is 18.6 Å². The predicted molar refractivity (Wildman–Crippen MR) is 57.2 cm³/mol. The minimum absolute atomic E-state index is 0. The molecule has 2 nitrogen and oxygen atoms in total. The van der Waals surface area contributed by atoms with E-state index in [-0.39, 0.29) is 18.4 Å². The summed E-state index contributed by atoms with van der Waals surface area (Å²) < 4.78 is 0. The lowest BCUT2D eigenvalue weighted by Gasteiger charge is -2.17. The maximum atomic E-state index is 9.73. The van der Waals surface area contributed by atoms with Gasteiger partial charge in [0.05, 0.1) is 6.10 Å². The van der Waals surface area contributed by atoms with E-state index in [4.69, 9.17) is 0 Å².